The van der Waals surface area contributed by atoms with Crippen LogP contribution < -0.4 is 0 Å². The number of allylic oxidation sites excluding steroid dienone is 2. The molecule has 0 spiro atoms. The third kappa shape index (κ3) is 2.63. The van der Waals surface area contributed by atoms with Crippen LogP contribution in [-0.4, -0.2) is 28.4 Å². The van der Waals surface area contributed by atoms with Crippen molar-refractivity contribution in [3.05, 3.63) is 36.2 Å². The van der Waals surface area contributed by atoms with Gasteiger partial charge in [0.15, 0.2) is 0 Å². The maximum absolute atomic E-state index is 13.1. The van der Waals surface area contributed by atoms with Crippen molar-refractivity contribution in [2.45, 2.75) is 77.7 Å². The number of hydrogen-bond donors (Lipinski definition) is 0. The van der Waals surface area contributed by atoms with Gasteiger partial charge in [-0.15, -0.1) is 0 Å². The van der Waals surface area contributed by atoms with Crippen LogP contribution in [0.1, 0.15) is 77.2 Å². The molecule has 1 aliphatic heterocycles. The molecule has 3 nitrogen and oxygen atoms in total. The quantitative estimate of drug-likeness (QED) is 0.632. The van der Waals surface area contributed by atoms with E-state index in [4.69, 9.17) is 0 Å². The van der Waals surface area contributed by atoms with Crippen molar-refractivity contribution in [1.82, 2.24) is 9.88 Å². The van der Waals surface area contributed by atoms with E-state index < -0.39 is 0 Å². The lowest BCUT2D eigenvalue weighted by molar-refractivity contribution is -0.155. The van der Waals surface area contributed by atoms with Crippen LogP contribution in [0.25, 0.3) is 5.57 Å². The van der Waals surface area contributed by atoms with E-state index in [1.54, 1.807) is 5.57 Å². The van der Waals surface area contributed by atoms with Gasteiger partial charge in [0.1, 0.15) is 0 Å². The molecule has 3 saturated carbocycles. The van der Waals surface area contributed by atoms with Gasteiger partial charge in [0.05, 0.1) is 0 Å². The molecule has 4 aliphatic carbocycles. The zero-order chi connectivity index (χ0) is 20.5. The molecule has 0 N–H and O–H groups in total. The first-order chi connectivity index (χ1) is 14.5. The molecular formula is C27H36N2O. The number of carbonyl (C=O) groups is 1. The van der Waals surface area contributed by atoms with Crippen LogP contribution in [0.4, 0.5) is 0 Å². The highest BCUT2D eigenvalue weighted by Crippen LogP contribution is 2.66. The number of likely N-dealkylation sites (tertiary alicyclic amines) is 1. The van der Waals surface area contributed by atoms with E-state index in [2.05, 4.69) is 48.1 Å². The predicted octanol–water partition coefficient (Wildman–Crippen LogP) is 5.72. The number of carbonyl (C=O) groups excluding carboxylic acids is 1. The summed E-state index contributed by atoms with van der Waals surface area (Å²) < 4.78 is 0. The first-order valence-corrected chi connectivity index (χ1v) is 12.4. The number of pyridine rings is 1. The van der Waals surface area contributed by atoms with Crippen LogP contribution >= 0.6 is 0 Å². The summed E-state index contributed by atoms with van der Waals surface area (Å²) in [6, 6.07) is 4.83. The Morgan fingerprint density at radius 2 is 1.97 bits per heavy atom. The monoisotopic (exact) mass is 404 g/mol. The summed E-state index contributed by atoms with van der Waals surface area (Å²) in [5, 5.41) is 0. The van der Waals surface area contributed by atoms with E-state index in [0.29, 0.717) is 28.7 Å². The molecule has 1 amide bonds. The summed E-state index contributed by atoms with van der Waals surface area (Å²) >= 11 is 0. The summed E-state index contributed by atoms with van der Waals surface area (Å²) in [5.41, 5.74) is 3.51. The molecule has 6 rings (SSSR count). The van der Waals surface area contributed by atoms with Crippen molar-refractivity contribution < 1.29 is 4.79 Å². The summed E-state index contributed by atoms with van der Waals surface area (Å²) in [5.74, 6) is 3.21. The second kappa shape index (κ2) is 6.68. The molecule has 4 fully saturated rings. The van der Waals surface area contributed by atoms with Gasteiger partial charge in [-0.05, 0) is 104 Å². The van der Waals surface area contributed by atoms with Crippen molar-refractivity contribution in [3.8, 4) is 0 Å². The van der Waals surface area contributed by atoms with Gasteiger partial charge in [-0.2, -0.15) is 0 Å². The van der Waals surface area contributed by atoms with E-state index in [0.717, 1.165) is 37.1 Å². The van der Waals surface area contributed by atoms with E-state index in [-0.39, 0.29) is 0 Å². The molecule has 6 atom stereocenters. The maximum Gasteiger partial charge on any atom is 0.225 e. The minimum absolute atomic E-state index is 0.297. The smallest absolute Gasteiger partial charge is 0.225 e. The highest BCUT2D eigenvalue weighted by Gasteiger charge is 2.60. The van der Waals surface area contributed by atoms with Crippen LogP contribution in [0.15, 0.2) is 30.6 Å². The number of hydrogen-bond acceptors (Lipinski definition) is 2. The Hall–Kier alpha value is -1.64. The molecule has 1 aromatic rings. The normalized spacial score (nSPS) is 42.7. The topological polar surface area (TPSA) is 33.2 Å². The molecule has 6 unspecified atom stereocenters. The minimum atomic E-state index is 0.297. The Morgan fingerprint density at radius 1 is 1.10 bits per heavy atom. The Bertz CT molecular complexity index is 874. The molecule has 0 bridgehead atoms. The van der Waals surface area contributed by atoms with Crippen molar-refractivity contribution in [2.24, 2.45) is 34.5 Å². The third-order valence-electron chi connectivity index (χ3n) is 10.1. The fraction of sp³-hybridized carbons (Fsp3) is 0.704. The summed E-state index contributed by atoms with van der Waals surface area (Å²) in [6.45, 7) is 6.12. The number of fused-ring (bicyclic) bond motifs is 5. The average molecular weight is 405 g/mol. The summed E-state index contributed by atoms with van der Waals surface area (Å²) in [4.78, 5) is 19.8. The summed E-state index contributed by atoms with van der Waals surface area (Å²) in [7, 11) is 0. The molecule has 0 aromatic carbocycles. The van der Waals surface area contributed by atoms with E-state index in [1.807, 2.05) is 6.20 Å². The van der Waals surface area contributed by atoms with Crippen molar-refractivity contribution in [1.29, 1.82) is 0 Å². The third-order valence-corrected chi connectivity index (χ3v) is 10.1. The Morgan fingerprint density at radius 3 is 2.73 bits per heavy atom. The van der Waals surface area contributed by atoms with Gasteiger partial charge in [-0.25, -0.2) is 0 Å². The summed E-state index contributed by atoms with van der Waals surface area (Å²) in [6.07, 6.45) is 17.7. The zero-order valence-electron chi connectivity index (χ0n) is 18.6. The second-order valence-corrected chi connectivity index (χ2v) is 11.4. The van der Waals surface area contributed by atoms with E-state index >= 15 is 0 Å². The lowest BCUT2D eigenvalue weighted by Crippen LogP contribution is -2.62. The van der Waals surface area contributed by atoms with Crippen molar-refractivity contribution >= 4 is 11.5 Å². The molecule has 3 heteroatoms. The van der Waals surface area contributed by atoms with Gasteiger partial charge in [-0.3, -0.25) is 9.78 Å². The molecule has 1 saturated heterocycles. The van der Waals surface area contributed by atoms with Gasteiger partial charge in [0.2, 0.25) is 5.91 Å². The number of piperidine rings is 1. The highest BCUT2D eigenvalue weighted by atomic mass is 16.2. The van der Waals surface area contributed by atoms with Crippen LogP contribution in [-0.2, 0) is 4.79 Å². The van der Waals surface area contributed by atoms with Crippen LogP contribution in [0, 0.1) is 34.5 Å². The fourth-order valence-corrected chi connectivity index (χ4v) is 8.45. The minimum Gasteiger partial charge on any atom is -0.339 e. The highest BCUT2D eigenvalue weighted by molar-refractivity contribution is 5.81. The van der Waals surface area contributed by atoms with Crippen LogP contribution in [0.3, 0.4) is 0 Å². The first-order valence-electron chi connectivity index (χ1n) is 12.4. The van der Waals surface area contributed by atoms with Gasteiger partial charge < -0.3 is 4.90 Å². The van der Waals surface area contributed by atoms with Crippen molar-refractivity contribution in [3.63, 3.8) is 0 Å². The predicted molar refractivity (Wildman–Crippen MR) is 119 cm³/mol. The molecular weight excluding hydrogens is 368 g/mol. The Labute approximate surface area is 181 Å². The van der Waals surface area contributed by atoms with Gasteiger partial charge in [0, 0.05) is 30.9 Å². The fourth-order valence-electron chi connectivity index (χ4n) is 8.45. The molecule has 0 radical (unpaired) electrons. The Balaban J connectivity index is 1.28. The SMILES string of the molecule is CC12CCC3C(CCC4N(C(=O)C5CC5)CCCC34C)C1CC=C2c1cccnc1. The molecule has 1 aromatic heterocycles. The molecule has 5 aliphatic rings. The zero-order valence-corrected chi connectivity index (χ0v) is 18.6. The largest absolute Gasteiger partial charge is 0.339 e. The molecule has 30 heavy (non-hydrogen) atoms. The number of amides is 1. The molecule has 2 heterocycles. The lowest BCUT2D eigenvalue weighted by Gasteiger charge is -2.62. The van der Waals surface area contributed by atoms with E-state index in [9.17, 15) is 4.79 Å². The van der Waals surface area contributed by atoms with Gasteiger partial charge in [0.25, 0.3) is 0 Å². The standard InChI is InChI=1S/C27H36N2O/c1-26-14-12-23-20(22(26)10-9-21(26)19-5-3-15-28-17-19)8-11-24-27(23,2)13-4-16-29(24)25(30)18-6-7-18/h3,5,9,15,17-18,20,22-24H,4,6-8,10-14,16H2,1-2H3. The van der Waals surface area contributed by atoms with Crippen molar-refractivity contribution in [2.75, 3.05) is 6.54 Å². The van der Waals surface area contributed by atoms with Crippen LogP contribution in [0.5, 0.6) is 0 Å². The lowest BCUT2D eigenvalue weighted by atomic mass is 9.46. The van der Waals surface area contributed by atoms with Gasteiger partial charge >= 0.3 is 0 Å². The first kappa shape index (κ1) is 19.1. The maximum atomic E-state index is 13.1. The second-order valence-electron chi connectivity index (χ2n) is 11.4. The van der Waals surface area contributed by atoms with Gasteiger partial charge in [-0.1, -0.05) is 26.0 Å². The number of rotatable bonds is 2. The van der Waals surface area contributed by atoms with Crippen LogP contribution in [0.2, 0.25) is 0 Å². The average Bonchev–Trinajstić information content (AvgIpc) is 3.54. The molecule has 160 valence electrons. The number of nitrogens with zero attached hydrogens (tertiary/aromatic N) is 2. The number of aromatic nitrogens is 1. The van der Waals surface area contributed by atoms with E-state index in [1.165, 1.54) is 50.5 Å². The Kier molecular flexibility index (Phi) is 4.25.